The molecule has 1 atom stereocenters. The molecule has 0 fully saturated rings. The molecule has 0 amide bonds. The normalized spacial score (nSPS) is 12.4. The molecule has 1 aromatic rings. The predicted molar refractivity (Wildman–Crippen MR) is 59.3 cm³/mol. The number of carbonyl (C=O) groups is 1. The number of benzene rings is 1. The van der Waals surface area contributed by atoms with Gasteiger partial charge in [0.25, 0.3) is 0 Å². The smallest absolute Gasteiger partial charge is 0.306 e. The summed E-state index contributed by atoms with van der Waals surface area (Å²) in [5.41, 5.74) is 1.06. The molecule has 0 spiro atoms. The first-order chi connectivity index (χ1) is 6.65. The Morgan fingerprint density at radius 3 is 2.64 bits per heavy atom. The van der Waals surface area contributed by atoms with E-state index in [1.54, 1.807) is 0 Å². The quantitative estimate of drug-likeness (QED) is 0.899. The van der Waals surface area contributed by atoms with E-state index in [-0.39, 0.29) is 5.92 Å². The third kappa shape index (κ3) is 2.84. The molecule has 1 N–H and O–H groups in total. The topological polar surface area (TPSA) is 37.3 Å². The van der Waals surface area contributed by atoms with E-state index < -0.39 is 5.97 Å². The molecular weight excluding hydrogens is 244 g/mol. The van der Waals surface area contributed by atoms with Gasteiger partial charge in [0.05, 0.1) is 5.92 Å². The number of rotatable bonds is 4. The van der Waals surface area contributed by atoms with Crippen molar-refractivity contribution in [2.24, 2.45) is 5.92 Å². The van der Waals surface area contributed by atoms with Crippen LogP contribution in [0.4, 0.5) is 0 Å². The zero-order valence-corrected chi connectivity index (χ0v) is 9.62. The van der Waals surface area contributed by atoms with Crippen LogP contribution in [-0.4, -0.2) is 11.1 Å². The summed E-state index contributed by atoms with van der Waals surface area (Å²) >= 11 is 3.41. The largest absolute Gasteiger partial charge is 0.481 e. The highest BCUT2D eigenvalue weighted by Crippen LogP contribution is 2.20. The number of hydrogen-bond acceptors (Lipinski definition) is 1. The SMILES string of the molecule is CC[C@@H](Cc1ccccc1Br)C(=O)O. The Morgan fingerprint density at radius 1 is 1.50 bits per heavy atom. The minimum Gasteiger partial charge on any atom is -0.481 e. The molecule has 0 saturated heterocycles. The maximum Gasteiger partial charge on any atom is 0.306 e. The lowest BCUT2D eigenvalue weighted by Crippen LogP contribution is -2.15. The number of carboxylic acids is 1. The first-order valence-electron chi connectivity index (χ1n) is 4.61. The van der Waals surface area contributed by atoms with Crippen molar-refractivity contribution in [1.29, 1.82) is 0 Å². The first-order valence-corrected chi connectivity index (χ1v) is 5.40. The molecule has 0 aliphatic heterocycles. The Balaban J connectivity index is 2.77. The predicted octanol–water partition coefficient (Wildman–Crippen LogP) is 3.10. The van der Waals surface area contributed by atoms with Crippen molar-refractivity contribution >= 4 is 21.9 Å². The molecular formula is C11H13BrO2. The Hall–Kier alpha value is -0.830. The van der Waals surface area contributed by atoms with Crippen LogP contribution in [0.15, 0.2) is 28.7 Å². The second-order valence-electron chi connectivity index (χ2n) is 3.24. The van der Waals surface area contributed by atoms with Crippen molar-refractivity contribution in [2.45, 2.75) is 19.8 Å². The standard InChI is InChI=1S/C11H13BrO2/c1-2-8(11(13)14)7-9-5-3-4-6-10(9)12/h3-6,8H,2,7H2,1H3,(H,13,14)/t8-/m0/s1. The van der Waals surface area contributed by atoms with Gasteiger partial charge in [0.15, 0.2) is 0 Å². The molecule has 76 valence electrons. The maximum absolute atomic E-state index is 10.8. The molecule has 0 unspecified atom stereocenters. The Morgan fingerprint density at radius 2 is 2.14 bits per heavy atom. The Labute approximate surface area is 92.1 Å². The highest BCUT2D eigenvalue weighted by molar-refractivity contribution is 9.10. The average molecular weight is 257 g/mol. The maximum atomic E-state index is 10.8. The minimum absolute atomic E-state index is 0.284. The van der Waals surface area contributed by atoms with Crippen LogP contribution >= 0.6 is 15.9 Å². The summed E-state index contributed by atoms with van der Waals surface area (Å²) in [6, 6.07) is 7.74. The molecule has 0 radical (unpaired) electrons. The van der Waals surface area contributed by atoms with Gasteiger partial charge < -0.3 is 5.11 Å². The fourth-order valence-corrected chi connectivity index (χ4v) is 1.78. The van der Waals surface area contributed by atoms with Crippen LogP contribution < -0.4 is 0 Å². The van der Waals surface area contributed by atoms with Crippen LogP contribution in [0.25, 0.3) is 0 Å². The monoisotopic (exact) mass is 256 g/mol. The van der Waals surface area contributed by atoms with Crippen LogP contribution in [-0.2, 0) is 11.2 Å². The fraction of sp³-hybridized carbons (Fsp3) is 0.364. The summed E-state index contributed by atoms with van der Waals surface area (Å²) in [4.78, 5) is 10.8. The van der Waals surface area contributed by atoms with E-state index >= 15 is 0 Å². The zero-order valence-electron chi connectivity index (χ0n) is 8.03. The van der Waals surface area contributed by atoms with Gasteiger partial charge in [0.1, 0.15) is 0 Å². The molecule has 0 saturated carbocycles. The second-order valence-corrected chi connectivity index (χ2v) is 4.09. The molecule has 0 heterocycles. The van der Waals surface area contributed by atoms with Gasteiger partial charge in [-0.25, -0.2) is 0 Å². The first kappa shape index (κ1) is 11.2. The third-order valence-electron chi connectivity index (χ3n) is 2.27. The van der Waals surface area contributed by atoms with Gasteiger partial charge in [-0.3, -0.25) is 4.79 Å². The van der Waals surface area contributed by atoms with Crippen LogP contribution in [0.5, 0.6) is 0 Å². The highest BCUT2D eigenvalue weighted by Gasteiger charge is 2.16. The minimum atomic E-state index is -0.719. The lowest BCUT2D eigenvalue weighted by atomic mass is 9.97. The van der Waals surface area contributed by atoms with Crippen LogP contribution in [0.2, 0.25) is 0 Å². The van der Waals surface area contributed by atoms with E-state index in [0.717, 1.165) is 10.0 Å². The van der Waals surface area contributed by atoms with E-state index in [4.69, 9.17) is 5.11 Å². The number of aliphatic carboxylic acids is 1. The summed E-state index contributed by atoms with van der Waals surface area (Å²) in [5.74, 6) is -1.00. The molecule has 0 aromatic heterocycles. The molecule has 2 nitrogen and oxygen atoms in total. The summed E-state index contributed by atoms with van der Waals surface area (Å²) in [6.07, 6.45) is 1.25. The van der Waals surface area contributed by atoms with Crippen LogP contribution in [0, 0.1) is 5.92 Å². The number of halogens is 1. The van der Waals surface area contributed by atoms with Crippen molar-refractivity contribution in [1.82, 2.24) is 0 Å². The van der Waals surface area contributed by atoms with Gasteiger partial charge >= 0.3 is 5.97 Å². The fourth-order valence-electron chi connectivity index (χ4n) is 1.34. The average Bonchev–Trinajstić information content (AvgIpc) is 2.16. The summed E-state index contributed by atoms with van der Waals surface area (Å²) in [5, 5.41) is 8.91. The van der Waals surface area contributed by atoms with Gasteiger partial charge in [-0.1, -0.05) is 41.1 Å². The van der Waals surface area contributed by atoms with E-state index in [9.17, 15) is 4.79 Å². The molecule has 0 aliphatic carbocycles. The molecule has 1 aromatic carbocycles. The van der Waals surface area contributed by atoms with Gasteiger partial charge in [0.2, 0.25) is 0 Å². The molecule has 0 aliphatic rings. The van der Waals surface area contributed by atoms with Gasteiger partial charge in [-0.15, -0.1) is 0 Å². The number of carboxylic acid groups (broad SMARTS) is 1. The molecule has 0 bridgehead atoms. The summed E-state index contributed by atoms with van der Waals surface area (Å²) < 4.78 is 0.986. The lowest BCUT2D eigenvalue weighted by molar-refractivity contribution is -0.141. The molecule has 3 heteroatoms. The van der Waals surface area contributed by atoms with Gasteiger partial charge in [0, 0.05) is 4.47 Å². The van der Waals surface area contributed by atoms with Crippen molar-refractivity contribution in [3.8, 4) is 0 Å². The van der Waals surface area contributed by atoms with Crippen molar-refractivity contribution < 1.29 is 9.90 Å². The summed E-state index contributed by atoms with van der Waals surface area (Å²) in [6.45, 7) is 1.90. The molecule has 14 heavy (non-hydrogen) atoms. The summed E-state index contributed by atoms with van der Waals surface area (Å²) in [7, 11) is 0. The Kier molecular flexibility index (Phi) is 4.14. The third-order valence-corrected chi connectivity index (χ3v) is 3.04. The highest BCUT2D eigenvalue weighted by atomic mass is 79.9. The van der Waals surface area contributed by atoms with E-state index in [0.29, 0.717) is 12.8 Å². The zero-order chi connectivity index (χ0) is 10.6. The molecule has 1 rings (SSSR count). The van der Waals surface area contributed by atoms with Crippen LogP contribution in [0.1, 0.15) is 18.9 Å². The van der Waals surface area contributed by atoms with Crippen molar-refractivity contribution in [3.63, 3.8) is 0 Å². The van der Waals surface area contributed by atoms with E-state index in [2.05, 4.69) is 15.9 Å². The Bertz CT molecular complexity index is 323. The van der Waals surface area contributed by atoms with E-state index in [1.165, 1.54) is 0 Å². The number of hydrogen-bond donors (Lipinski definition) is 1. The van der Waals surface area contributed by atoms with Crippen molar-refractivity contribution in [2.75, 3.05) is 0 Å². The van der Waals surface area contributed by atoms with E-state index in [1.807, 2.05) is 31.2 Å². The van der Waals surface area contributed by atoms with Crippen LogP contribution in [0.3, 0.4) is 0 Å². The van der Waals surface area contributed by atoms with Gasteiger partial charge in [-0.05, 0) is 24.5 Å². The van der Waals surface area contributed by atoms with Crippen molar-refractivity contribution in [3.05, 3.63) is 34.3 Å². The van der Waals surface area contributed by atoms with Gasteiger partial charge in [-0.2, -0.15) is 0 Å². The second kappa shape index (κ2) is 5.15. The lowest BCUT2D eigenvalue weighted by Gasteiger charge is -2.10.